The zero-order valence-corrected chi connectivity index (χ0v) is 16.8. The summed E-state index contributed by atoms with van der Waals surface area (Å²) in [5, 5.41) is 10.7. The van der Waals surface area contributed by atoms with Crippen LogP contribution in [-0.4, -0.2) is 0 Å². The molecule has 6 rings (SSSR count). The standard InChI is InChI=1S/C30H22/c1-3-9-25-19-29-21(11-5-13-27(29)17-23(25)7-1)15-16-22-12-6-14-28-18-24-8-2-4-10-26(24)20-30(22)28/h1-14,17-20H,15-16H2. The van der Waals surface area contributed by atoms with Gasteiger partial charge in [-0.2, -0.15) is 0 Å². The molecule has 0 saturated heterocycles. The molecule has 0 radical (unpaired) electrons. The summed E-state index contributed by atoms with van der Waals surface area (Å²) < 4.78 is 0. The highest BCUT2D eigenvalue weighted by molar-refractivity contribution is 6.01. The van der Waals surface area contributed by atoms with Crippen molar-refractivity contribution in [2.24, 2.45) is 0 Å². The summed E-state index contributed by atoms with van der Waals surface area (Å²) in [5.74, 6) is 0. The molecule has 0 N–H and O–H groups in total. The van der Waals surface area contributed by atoms with E-state index in [4.69, 9.17) is 0 Å². The van der Waals surface area contributed by atoms with E-state index in [-0.39, 0.29) is 0 Å². The first-order valence-electron chi connectivity index (χ1n) is 10.7. The Balaban J connectivity index is 1.42. The lowest BCUT2D eigenvalue weighted by molar-refractivity contribution is 0.979. The van der Waals surface area contributed by atoms with Crippen LogP contribution in [0.2, 0.25) is 0 Å². The van der Waals surface area contributed by atoms with Crippen molar-refractivity contribution < 1.29 is 0 Å². The molecule has 6 aromatic rings. The van der Waals surface area contributed by atoms with E-state index in [2.05, 4.69) is 109 Å². The summed E-state index contributed by atoms with van der Waals surface area (Å²) in [4.78, 5) is 0. The van der Waals surface area contributed by atoms with Gasteiger partial charge in [0.1, 0.15) is 0 Å². The summed E-state index contributed by atoms with van der Waals surface area (Å²) in [6.45, 7) is 0. The molecule has 0 atom stereocenters. The zero-order valence-electron chi connectivity index (χ0n) is 16.8. The highest BCUT2D eigenvalue weighted by Gasteiger charge is 2.07. The maximum Gasteiger partial charge on any atom is -0.0145 e. The van der Waals surface area contributed by atoms with Crippen LogP contribution in [0.15, 0.2) is 109 Å². The number of fused-ring (bicyclic) bond motifs is 4. The molecule has 0 spiro atoms. The number of rotatable bonds is 3. The molecule has 0 aliphatic heterocycles. The number of aryl methyl sites for hydroxylation is 2. The van der Waals surface area contributed by atoms with E-state index in [9.17, 15) is 0 Å². The van der Waals surface area contributed by atoms with Crippen molar-refractivity contribution in [3.63, 3.8) is 0 Å². The molecule has 0 aromatic heterocycles. The van der Waals surface area contributed by atoms with Gasteiger partial charge in [-0.15, -0.1) is 0 Å². The average molecular weight is 383 g/mol. The van der Waals surface area contributed by atoms with Gasteiger partial charge in [-0.1, -0.05) is 84.9 Å². The van der Waals surface area contributed by atoms with E-state index in [1.807, 2.05) is 0 Å². The molecule has 0 saturated carbocycles. The molecule has 0 fully saturated rings. The van der Waals surface area contributed by atoms with E-state index in [1.165, 1.54) is 54.2 Å². The molecule has 30 heavy (non-hydrogen) atoms. The van der Waals surface area contributed by atoms with Crippen molar-refractivity contribution in [2.75, 3.05) is 0 Å². The van der Waals surface area contributed by atoms with E-state index < -0.39 is 0 Å². The van der Waals surface area contributed by atoms with E-state index >= 15 is 0 Å². The number of hydrogen-bond donors (Lipinski definition) is 0. The lowest BCUT2D eigenvalue weighted by Gasteiger charge is -2.11. The van der Waals surface area contributed by atoms with Crippen LogP contribution in [0.5, 0.6) is 0 Å². The van der Waals surface area contributed by atoms with Crippen molar-refractivity contribution in [2.45, 2.75) is 12.8 Å². The molecular formula is C30H22. The predicted molar refractivity (Wildman–Crippen MR) is 130 cm³/mol. The largest absolute Gasteiger partial charge is 0.0616 e. The summed E-state index contributed by atoms with van der Waals surface area (Å²) in [7, 11) is 0. The molecule has 0 heterocycles. The third-order valence-electron chi connectivity index (χ3n) is 6.34. The highest BCUT2D eigenvalue weighted by atomic mass is 14.1. The fourth-order valence-corrected chi connectivity index (χ4v) is 4.77. The average Bonchev–Trinajstić information content (AvgIpc) is 2.80. The normalized spacial score (nSPS) is 11.6. The third kappa shape index (κ3) is 2.93. The van der Waals surface area contributed by atoms with Gasteiger partial charge in [0.05, 0.1) is 0 Å². The molecule has 0 bridgehead atoms. The summed E-state index contributed by atoms with van der Waals surface area (Å²) >= 11 is 0. The fraction of sp³-hybridized carbons (Fsp3) is 0.0667. The molecule has 142 valence electrons. The van der Waals surface area contributed by atoms with Crippen LogP contribution in [0.3, 0.4) is 0 Å². The molecule has 0 nitrogen and oxygen atoms in total. The van der Waals surface area contributed by atoms with E-state index in [1.54, 1.807) is 0 Å². The van der Waals surface area contributed by atoms with Crippen molar-refractivity contribution >= 4 is 43.1 Å². The van der Waals surface area contributed by atoms with E-state index in [0.717, 1.165) is 12.8 Å². The Bertz CT molecular complexity index is 1420. The number of hydrogen-bond acceptors (Lipinski definition) is 0. The summed E-state index contributed by atoms with van der Waals surface area (Å²) in [5.41, 5.74) is 2.85. The molecule has 0 amide bonds. The zero-order chi connectivity index (χ0) is 19.9. The van der Waals surface area contributed by atoms with Gasteiger partial charge in [-0.25, -0.2) is 0 Å². The van der Waals surface area contributed by atoms with Crippen LogP contribution in [-0.2, 0) is 12.8 Å². The third-order valence-corrected chi connectivity index (χ3v) is 6.34. The quantitative estimate of drug-likeness (QED) is 0.271. The SMILES string of the molecule is c1ccc2cc3c(CCc4cccc5cc6ccccc6cc45)cccc3cc2c1. The van der Waals surface area contributed by atoms with E-state index in [0.29, 0.717) is 0 Å². The van der Waals surface area contributed by atoms with Crippen molar-refractivity contribution in [1.82, 2.24) is 0 Å². The first-order valence-corrected chi connectivity index (χ1v) is 10.7. The maximum absolute atomic E-state index is 2.36. The van der Waals surface area contributed by atoms with Crippen molar-refractivity contribution in [1.29, 1.82) is 0 Å². The lowest BCUT2D eigenvalue weighted by atomic mass is 9.93. The Labute approximate surface area is 176 Å². The highest BCUT2D eigenvalue weighted by Crippen LogP contribution is 2.29. The minimum Gasteiger partial charge on any atom is -0.0616 e. The maximum atomic E-state index is 2.36. The van der Waals surface area contributed by atoms with Crippen LogP contribution in [0.1, 0.15) is 11.1 Å². The lowest BCUT2D eigenvalue weighted by Crippen LogP contribution is -1.94. The van der Waals surface area contributed by atoms with Gasteiger partial charge in [0, 0.05) is 0 Å². The Morgan fingerprint density at radius 2 is 0.700 bits per heavy atom. The Hall–Kier alpha value is -3.64. The van der Waals surface area contributed by atoms with Gasteiger partial charge in [0.2, 0.25) is 0 Å². The first-order chi connectivity index (χ1) is 14.8. The molecule has 6 aromatic carbocycles. The van der Waals surface area contributed by atoms with Crippen molar-refractivity contribution in [3.05, 3.63) is 120 Å². The van der Waals surface area contributed by atoms with Crippen LogP contribution in [0.25, 0.3) is 43.1 Å². The molecular weight excluding hydrogens is 360 g/mol. The van der Waals surface area contributed by atoms with Gasteiger partial charge in [-0.05, 0) is 91.3 Å². The number of benzene rings is 6. The predicted octanol–water partition coefficient (Wildman–Crippen LogP) is 8.08. The molecule has 0 unspecified atom stereocenters. The first kappa shape index (κ1) is 17.2. The summed E-state index contributed by atoms with van der Waals surface area (Å²) in [6, 6.07) is 40.1. The Kier molecular flexibility index (Phi) is 4.02. The van der Waals surface area contributed by atoms with Crippen LogP contribution >= 0.6 is 0 Å². The fourth-order valence-electron chi connectivity index (χ4n) is 4.77. The van der Waals surface area contributed by atoms with Gasteiger partial charge in [-0.3, -0.25) is 0 Å². The molecule has 0 aliphatic carbocycles. The van der Waals surface area contributed by atoms with Gasteiger partial charge in [0.25, 0.3) is 0 Å². The van der Waals surface area contributed by atoms with Gasteiger partial charge < -0.3 is 0 Å². The second-order valence-electron chi connectivity index (χ2n) is 8.18. The molecule has 0 heteroatoms. The Morgan fingerprint density at radius 1 is 0.333 bits per heavy atom. The van der Waals surface area contributed by atoms with Crippen LogP contribution in [0, 0.1) is 0 Å². The summed E-state index contributed by atoms with van der Waals surface area (Å²) in [6.07, 6.45) is 2.09. The molecule has 0 aliphatic rings. The second-order valence-corrected chi connectivity index (χ2v) is 8.18. The minimum absolute atomic E-state index is 1.04. The monoisotopic (exact) mass is 382 g/mol. The topological polar surface area (TPSA) is 0 Å². The Morgan fingerprint density at radius 3 is 1.13 bits per heavy atom. The second kappa shape index (κ2) is 7.00. The smallest absolute Gasteiger partial charge is 0.0145 e. The van der Waals surface area contributed by atoms with Crippen molar-refractivity contribution in [3.8, 4) is 0 Å². The van der Waals surface area contributed by atoms with Crippen LogP contribution < -0.4 is 0 Å². The van der Waals surface area contributed by atoms with Gasteiger partial charge in [0.15, 0.2) is 0 Å². The van der Waals surface area contributed by atoms with Gasteiger partial charge >= 0.3 is 0 Å². The minimum atomic E-state index is 1.04. The van der Waals surface area contributed by atoms with Crippen LogP contribution in [0.4, 0.5) is 0 Å².